The lowest BCUT2D eigenvalue weighted by Crippen LogP contribution is -2.43. The molecule has 1 aromatic rings. The van der Waals surface area contributed by atoms with Gasteiger partial charge in [-0.3, -0.25) is 0 Å². The van der Waals surface area contributed by atoms with Gasteiger partial charge in [0.25, 0.3) is 0 Å². The SMILES string of the molecule is O=S(=O)(OC1=CCC2(CC1)CC(OCc1ccccc1)C2)C(F)(F)F. The Balaban J connectivity index is 1.48. The molecule has 0 atom stereocenters. The van der Waals surface area contributed by atoms with Crippen LogP contribution in [0.3, 0.4) is 0 Å². The Morgan fingerprint density at radius 2 is 1.84 bits per heavy atom. The van der Waals surface area contributed by atoms with Crippen molar-refractivity contribution < 1.29 is 30.5 Å². The second-order valence-electron chi connectivity index (χ2n) is 6.68. The lowest BCUT2D eigenvalue weighted by Gasteiger charge is -2.49. The molecule has 1 fully saturated rings. The molecule has 1 aromatic carbocycles. The van der Waals surface area contributed by atoms with Crippen LogP contribution in [-0.4, -0.2) is 20.0 Å². The molecule has 2 aliphatic rings. The largest absolute Gasteiger partial charge is 0.534 e. The molecule has 0 N–H and O–H groups in total. The summed E-state index contributed by atoms with van der Waals surface area (Å²) in [5.74, 6) is -0.114. The highest BCUT2D eigenvalue weighted by Gasteiger charge is 2.50. The van der Waals surface area contributed by atoms with E-state index in [0.29, 0.717) is 19.4 Å². The van der Waals surface area contributed by atoms with E-state index in [2.05, 4.69) is 4.18 Å². The molecular weight excluding hydrogens is 357 g/mol. The van der Waals surface area contributed by atoms with E-state index in [4.69, 9.17) is 4.74 Å². The maximum Gasteiger partial charge on any atom is 0.534 e. The van der Waals surface area contributed by atoms with Crippen LogP contribution in [0.1, 0.15) is 37.7 Å². The van der Waals surface area contributed by atoms with Crippen molar-refractivity contribution in [2.45, 2.75) is 50.3 Å². The van der Waals surface area contributed by atoms with Crippen LogP contribution in [0.4, 0.5) is 13.2 Å². The summed E-state index contributed by atoms with van der Waals surface area (Å²) in [6, 6.07) is 9.81. The zero-order valence-corrected chi connectivity index (χ0v) is 14.3. The van der Waals surface area contributed by atoms with Crippen molar-refractivity contribution in [3.8, 4) is 0 Å². The third-order valence-electron chi connectivity index (χ3n) is 4.81. The molecule has 0 radical (unpaired) electrons. The minimum absolute atomic E-state index is 0.00376. The Hall–Kier alpha value is -1.54. The van der Waals surface area contributed by atoms with Crippen LogP contribution in [0.15, 0.2) is 42.2 Å². The monoisotopic (exact) mass is 376 g/mol. The molecule has 138 valence electrons. The third-order valence-corrected chi connectivity index (χ3v) is 5.82. The van der Waals surface area contributed by atoms with E-state index >= 15 is 0 Å². The summed E-state index contributed by atoms with van der Waals surface area (Å²) in [7, 11) is -5.57. The van der Waals surface area contributed by atoms with Crippen LogP contribution >= 0.6 is 0 Å². The van der Waals surface area contributed by atoms with Crippen molar-refractivity contribution in [2.75, 3.05) is 0 Å². The second-order valence-corrected chi connectivity index (χ2v) is 8.22. The molecule has 0 aromatic heterocycles. The fraction of sp³-hybridized carbons (Fsp3) is 0.529. The van der Waals surface area contributed by atoms with Gasteiger partial charge in [0.05, 0.1) is 12.7 Å². The first-order valence-electron chi connectivity index (χ1n) is 8.04. The first-order valence-corrected chi connectivity index (χ1v) is 9.45. The smallest absolute Gasteiger partial charge is 0.381 e. The average Bonchev–Trinajstić information content (AvgIpc) is 2.52. The number of benzene rings is 1. The summed E-state index contributed by atoms with van der Waals surface area (Å²) in [4.78, 5) is 0. The standard InChI is InChI=1S/C17H19F3O4S/c18-17(19,20)25(21,22)24-14-6-8-16(9-7-14)10-15(11-16)23-12-13-4-2-1-3-5-13/h1-6,15H,7-12H2. The summed E-state index contributed by atoms with van der Waals surface area (Å²) >= 11 is 0. The number of hydrogen-bond donors (Lipinski definition) is 0. The van der Waals surface area contributed by atoms with Crippen LogP contribution in [0.5, 0.6) is 0 Å². The summed E-state index contributed by atoms with van der Waals surface area (Å²) in [6.45, 7) is 0.537. The van der Waals surface area contributed by atoms with Gasteiger partial charge in [-0.1, -0.05) is 30.3 Å². The van der Waals surface area contributed by atoms with Gasteiger partial charge in [-0.05, 0) is 42.7 Å². The highest BCUT2D eigenvalue weighted by Crippen LogP contribution is 2.52. The zero-order chi connectivity index (χ0) is 18.1. The molecular formula is C17H19F3O4S. The minimum Gasteiger partial charge on any atom is -0.381 e. The first-order chi connectivity index (χ1) is 11.7. The van der Waals surface area contributed by atoms with Crippen molar-refractivity contribution in [2.24, 2.45) is 5.41 Å². The Labute approximate surface area is 144 Å². The third kappa shape index (κ3) is 4.17. The van der Waals surface area contributed by atoms with Crippen LogP contribution in [0.2, 0.25) is 0 Å². The first kappa shape index (κ1) is 18.3. The Morgan fingerprint density at radius 3 is 2.40 bits per heavy atom. The molecule has 0 saturated heterocycles. The van der Waals surface area contributed by atoms with Gasteiger partial charge in [-0.25, -0.2) is 0 Å². The predicted octanol–water partition coefficient (Wildman–Crippen LogP) is 4.29. The molecule has 3 rings (SSSR count). The summed E-state index contributed by atoms with van der Waals surface area (Å²) in [6.07, 6.45) is 4.58. The molecule has 0 aliphatic heterocycles. The fourth-order valence-corrected chi connectivity index (χ4v) is 3.90. The zero-order valence-electron chi connectivity index (χ0n) is 13.5. The molecule has 1 spiro atoms. The van der Waals surface area contributed by atoms with Crippen molar-refractivity contribution in [1.29, 1.82) is 0 Å². The summed E-state index contributed by atoms with van der Waals surface area (Å²) in [5, 5.41) is 0. The highest BCUT2D eigenvalue weighted by molar-refractivity contribution is 7.87. The topological polar surface area (TPSA) is 52.6 Å². The van der Waals surface area contributed by atoms with Gasteiger partial charge >= 0.3 is 15.6 Å². The number of halogens is 3. The average molecular weight is 376 g/mol. The van der Waals surface area contributed by atoms with Crippen molar-refractivity contribution >= 4 is 10.1 Å². The van der Waals surface area contributed by atoms with E-state index in [1.165, 1.54) is 6.08 Å². The fourth-order valence-electron chi connectivity index (χ4n) is 3.37. The lowest BCUT2D eigenvalue weighted by atomic mass is 9.60. The van der Waals surface area contributed by atoms with E-state index < -0.39 is 15.6 Å². The minimum atomic E-state index is -5.57. The van der Waals surface area contributed by atoms with E-state index in [9.17, 15) is 21.6 Å². The van der Waals surface area contributed by atoms with Gasteiger partial charge in [-0.2, -0.15) is 21.6 Å². The van der Waals surface area contributed by atoms with Gasteiger partial charge in [0, 0.05) is 6.42 Å². The second kappa shape index (κ2) is 6.64. The van der Waals surface area contributed by atoms with Gasteiger partial charge < -0.3 is 8.92 Å². The molecule has 2 aliphatic carbocycles. The van der Waals surface area contributed by atoms with Crippen molar-refractivity contribution in [3.05, 3.63) is 47.7 Å². The molecule has 0 amide bonds. The van der Waals surface area contributed by atoms with E-state index in [0.717, 1.165) is 18.4 Å². The Bertz CT molecular complexity index is 735. The van der Waals surface area contributed by atoms with Crippen molar-refractivity contribution in [3.63, 3.8) is 0 Å². The lowest BCUT2D eigenvalue weighted by molar-refractivity contribution is -0.0940. The molecule has 8 heteroatoms. The maximum atomic E-state index is 12.3. The van der Waals surface area contributed by atoms with E-state index in [1.54, 1.807) is 0 Å². The van der Waals surface area contributed by atoms with E-state index in [1.807, 2.05) is 30.3 Å². The normalized spacial score (nSPS) is 26.8. The number of hydrogen-bond acceptors (Lipinski definition) is 4. The van der Waals surface area contributed by atoms with E-state index in [-0.39, 0.29) is 23.7 Å². The maximum absolute atomic E-state index is 12.3. The number of rotatable bonds is 5. The van der Waals surface area contributed by atoms with Gasteiger partial charge in [0.1, 0.15) is 5.76 Å². The van der Waals surface area contributed by atoms with Gasteiger partial charge in [0.15, 0.2) is 0 Å². The van der Waals surface area contributed by atoms with Crippen LogP contribution in [0.25, 0.3) is 0 Å². The molecule has 1 saturated carbocycles. The van der Waals surface area contributed by atoms with Gasteiger partial charge in [0.2, 0.25) is 0 Å². The number of allylic oxidation sites excluding steroid dienone is 2. The quantitative estimate of drug-likeness (QED) is 0.568. The summed E-state index contributed by atoms with van der Waals surface area (Å²) < 4.78 is 69.1. The Kier molecular flexibility index (Phi) is 4.85. The highest BCUT2D eigenvalue weighted by atomic mass is 32.2. The van der Waals surface area contributed by atoms with Crippen LogP contribution < -0.4 is 0 Å². The molecule has 25 heavy (non-hydrogen) atoms. The van der Waals surface area contributed by atoms with Crippen molar-refractivity contribution in [1.82, 2.24) is 0 Å². The number of ether oxygens (including phenoxy) is 1. The Morgan fingerprint density at radius 1 is 1.16 bits per heavy atom. The van der Waals surface area contributed by atoms with Crippen LogP contribution in [-0.2, 0) is 25.6 Å². The molecule has 0 unspecified atom stereocenters. The van der Waals surface area contributed by atoms with Gasteiger partial charge in [-0.15, -0.1) is 0 Å². The predicted molar refractivity (Wildman–Crippen MR) is 84.7 cm³/mol. The summed E-state index contributed by atoms with van der Waals surface area (Å²) in [5.41, 5.74) is -4.30. The molecule has 0 heterocycles. The molecule has 4 nitrogen and oxygen atoms in total. The number of alkyl halides is 3. The molecule has 0 bridgehead atoms. The van der Waals surface area contributed by atoms with Crippen LogP contribution in [0, 0.1) is 5.41 Å².